The first kappa shape index (κ1) is 26.2. The van der Waals surface area contributed by atoms with Gasteiger partial charge in [-0.15, -0.1) is 0 Å². The number of alkyl halides is 6. The van der Waals surface area contributed by atoms with Gasteiger partial charge >= 0.3 is 18.4 Å². The van der Waals surface area contributed by atoms with Crippen molar-refractivity contribution in [3.05, 3.63) is 59.7 Å². The zero-order valence-electron chi connectivity index (χ0n) is 19.4. The van der Waals surface area contributed by atoms with E-state index in [0.29, 0.717) is 36.1 Å². The molecule has 1 aliphatic heterocycles. The molecular weight excluding hydrogens is 506 g/mol. The molecule has 3 aromatic rings. The standard InChI is InChI=1S/C23H22F6N6O2/c1-2-18-6-19(12-35(18)21(36)37)34(20-30-7-14(8-31-20)15-9-32-33-10-15)11-13-3-16(22(24,25)26)5-17(4-13)23(27,28)29/h3-5,7-10,18-19H,2,6,11-12H2,1H3,(H,32,33)(H,36,37)/t18-,19+/m1/s1. The molecule has 1 fully saturated rings. The molecule has 1 aromatic carbocycles. The summed E-state index contributed by atoms with van der Waals surface area (Å²) in [5, 5.41) is 16.1. The van der Waals surface area contributed by atoms with Crippen LogP contribution in [0.4, 0.5) is 37.1 Å². The first-order chi connectivity index (χ1) is 17.4. The van der Waals surface area contributed by atoms with Crippen LogP contribution in [0.2, 0.25) is 0 Å². The third kappa shape index (κ3) is 5.78. The van der Waals surface area contributed by atoms with E-state index in [1.54, 1.807) is 13.1 Å². The van der Waals surface area contributed by atoms with E-state index in [0.717, 1.165) is 0 Å². The monoisotopic (exact) mass is 528 g/mol. The Morgan fingerprint density at radius 3 is 2.14 bits per heavy atom. The minimum Gasteiger partial charge on any atom is -0.465 e. The first-order valence-electron chi connectivity index (χ1n) is 11.2. The molecule has 0 bridgehead atoms. The molecule has 198 valence electrons. The number of likely N-dealkylation sites (tertiary alicyclic amines) is 1. The molecule has 0 spiro atoms. The third-order valence-electron chi connectivity index (χ3n) is 6.28. The summed E-state index contributed by atoms with van der Waals surface area (Å²) >= 11 is 0. The van der Waals surface area contributed by atoms with E-state index in [4.69, 9.17) is 0 Å². The maximum atomic E-state index is 13.4. The average Bonchev–Trinajstić information content (AvgIpc) is 3.52. The van der Waals surface area contributed by atoms with E-state index in [1.807, 2.05) is 0 Å². The highest BCUT2D eigenvalue weighted by molar-refractivity contribution is 5.66. The summed E-state index contributed by atoms with van der Waals surface area (Å²) in [7, 11) is 0. The number of aromatic nitrogens is 4. The van der Waals surface area contributed by atoms with Crippen LogP contribution in [0.15, 0.2) is 43.0 Å². The molecule has 3 heterocycles. The van der Waals surface area contributed by atoms with Crippen molar-refractivity contribution < 1.29 is 36.2 Å². The van der Waals surface area contributed by atoms with Gasteiger partial charge in [0.25, 0.3) is 0 Å². The summed E-state index contributed by atoms with van der Waals surface area (Å²) < 4.78 is 80.6. The van der Waals surface area contributed by atoms with E-state index in [9.17, 15) is 36.2 Å². The van der Waals surface area contributed by atoms with E-state index >= 15 is 0 Å². The Kier molecular flexibility index (Phi) is 7.02. The smallest absolute Gasteiger partial charge is 0.416 e. The maximum absolute atomic E-state index is 13.4. The zero-order valence-corrected chi connectivity index (χ0v) is 19.4. The lowest BCUT2D eigenvalue weighted by molar-refractivity contribution is -0.143. The number of anilines is 1. The Bertz CT molecular complexity index is 1200. The summed E-state index contributed by atoms with van der Waals surface area (Å²) in [6.07, 6.45) is -4.32. The number of nitrogens with one attached hydrogen (secondary N) is 1. The summed E-state index contributed by atoms with van der Waals surface area (Å²) in [6.45, 7) is 1.39. The van der Waals surface area contributed by atoms with Crippen LogP contribution < -0.4 is 4.90 Å². The molecule has 0 radical (unpaired) electrons. The van der Waals surface area contributed by atoms with Crippen molar-refractivity contribution in [2.45, 2.75) is 50.7 Å². The van der Waals surface area contributed by atoms with Crippen LogP contribution in [0.25, 0.3) is 11.1 Å². The molecule has 0 unspecified atom stereocenters. The van der Waals surface area contributed by atoms with Crippen molar-refractivity contribution in [3.8, 4) is 11.1 Å². The van der Waals surface area contributed by atoms with Crippen LogP contribution in [-0.2, 0) is 18.9 Å². The largest absolute Gasteiger partial charge is 0.465 e. The van der Waals surface area contributed by atoms with Gasteiger partial charge in [0.05, 0.1) is 23.4 Å². The predicted molar refractivity (Wildman–Crippen MR) is 119 cm³/mol. The van der Waals surface area contributed by atoms with Crippen molar-refractivity contribution in [2.75, 3.05) is 11.4 Å². The summed E-state index contributed by atoms with van der Waals surface area (Å²) in [5.74, 6) is 0.0466. The molecule has 2 atom stereocenters. The molecule has 4 rings (SSSR count). The molecule has 2 aromatic heterocycles. The van der Waals surface area contributed by atoms with Gasteiger partial charge in [0.1, 0.15) is 0 Å². The highest BCUT2D eigenvalue weighted by Gasteiger charge is 2.40. The van der Waals surface area contributed by atoms with Crippen molar-refractivity contribution in [1.82, 2.24) is 25.1 Å². The second kappa shape index (κ2) is 9.90. The number of halogens is 6. The van der Waals surface area contributed by atoms with Gasteiger partial charge in [-0.25, -0.2) is 14.8 Å². The lowest BCUT2D eigenvalue weighted by atomic mass is 10.0. The van der Waals surface area contributed by atoms with Crippen LogP contribution in [-0.4, -0.2) is 54.9 Å². The normalized spacial score (nSPS) is 18.3. The fourth-order valence-electron chi connectivity index (χ4n) is 4.44. The fourth-order valence-corrected chi connectivity index (χ4v) is 4.44. The predicted octanol–water partition coefficient (Wildman–Crippen LogP) is 5.44. The van der Waals surface area contributed by atoms with Crippen molar-refractivity contribution >= 4 is 12.0 Å². The number of hydrogen-bond acceptors (Lipinski definition) is 5. The Labute approximate surface area is 206 Å². The summed E-state index contributed by atoms with van der Waals surface area (Å²) in [6, 6.07) is 0.429. The number of benzene rings is 1. The number of amides is 1. The van der Waals surface area contributed by atoms with Crippen LogP contribution in [0.3, 0.4) is 0 Å². The van der Waals surface area contributed by atoms with Gasteiger partial charge in [0.2, 0.25) is 5.95 Å². The maximum Gasteiger partial charge on any atom is 0.416 e. The molecule has 14 heteroatoms. The highest BCUT2D eigenvalue weighted by Crippen LogP contribution is 2.37. The lowest BCUT2D eigenvalue weighted by Crippen LogP contribution is -2.39. The Morgan fingerprint density at radius 1 is 1.05 bits per heavy atom. The number of nitrogens with zero attached hydrogens (tertiary/aromatic N) is 5. The molecule has 1 saturated heterocycles. The number of rotatable bonds is 6. The van der Waals surface area contributed by atoms with Crippen LogP contribution in [0.5, 0.6) is 0 Å². The third-order valence-corrected chi connectivity index (χ3v) is 6.28. The number of carbonyl (C=O) groups is 1. The van der Waals surface area contributed by atoms with E-state index < -0.39 is 42.2 Å². The van der Waals surface area contributed by atoms with E-state index in [-0.39, 0.29) is 30.2 Å². The van der Waals surface area contributed by atoms with Gasteiger partial charge in [-0.1, -0.05) is 6.92 Å². The second-order valence-corrected chi connectivity index (χ2v) is 8.69. The molecule has 37 heavy (non-hydrogen) atoms. The van der Waals surface area contributed by atoms with Crippen LogP contribution in [0, 0.1) is 0 Å². The van der Waals surface area contributed by atoms with Gasteiger partial charge in [-0.05, 0) is 36.6 Å². The summed E-state index contributed by atoms with van der Waals surface area (Å²) in [4.78, 5) is 23.0. The zero-order chi connectivity index (χ0) is 27.0. The Hall–Kier alpha value is -3.84. The molecular formula is C23H22F6N6O2. The molecule has 1 aliphatic rings. The highest BCUT2D eigenvalue weighted by atomic mass is 19.4. The van der Waals surface area contributed by atoms with Gasteiger partial charge in [0, 0.05) is 48.8 Å². The minimum atomic E-state index is -5.00. The molecule has 0 aliphatic carbocycles. The number of hydrogen-bond donors (Lipinski definition) is 2. The van der Waals surface area contributed by atoms with E-state index in [2.05, 4.69) is 20.2 Å². The molecule has 8 nitrogen and oxygen atoms in total. The van der Waals surface area contributed by atoms with Gasteiger partial charge in [-0.2, -0.15) is 31.4 Å². The van der Waals surface area contributed by atoms with E-state index in [1.165, 1.54) is 28.4 Å². The van der Waals surface area contributed by atoms with Crippen LogP contribution >= 0.6 is 0 Å². The second-order valence-electron chi connectivity index (χ2n) is 8.69. The minimum absolute atomic E-state index is 0.00816. The lowest BCUT2D eigenvalue weighted by Gasteiger charge is -2.29. The van der Waals surface area contributed by atoms with Crippen molar-refractivity contribution in [3.63, 3.8) is 0 Å². The van der Waals surface area contributed by atoms with Crippen molar-refractivity contribution in [1.29, 1.82) is 0 Å². The Morgan fingerprint density at radius 2 is 1.68 bits per heavy atom. The molecule has 0 saturated carbocycles. The first-order valence-corrected chi connectivity index (χ1v) is 11.2. The SMILES string of the molecule is CC[C@@H]1C[C@H](N(Cc2cc(C(F)(F)F)cc(C(F)(F)F)c2)c2ncc(-c3cn[nH]c3)cn2)CN1C(=O)O. The number of aromatic amines is 1. The summed E-state index contributed by atoms with van der Waals surface area (Å²) in [5.41, 5.74) is -1.86. The number of H-pyrrole nitrogens is 1. The molecule has 1 amide bonds. The topological polar surface area (TPSA) is 98.2 Å². The molecule has 2 N–H and O–H groups in total. The van der Waals surface area contributed by atoms with Gasteiger partial charge < -0.3 is 14.9 Å². The van der Waals surface area contributed by atoms with Crippen LogP contribution in [0.1, 0.15) is 36.5 Å². The fraction of sp³-hybridized carbons (Fsp3) is 0.391. The van der Waals surface area contributed by atoms with Gasteiger partial charge in [0.15, 0.2) is 0 Å². The number of carboxylic acid groups (broad SMARTS) is 1. The Balaban J connectivity index is 1.74. The van der Waals surface area contributed by atoms with Gasteiger partial charge in [-0.3, -0.25) is 5.10 Å². The average molecular weight is 528 g/mol. The quantitative estimate of drug-likeness (QED) is 0.414. The van der Waals surface area contributed by atoms with Crippen molar-refractivity contribution in [2.24, 2.45) is 0 Å².